The molecule has 0 radical (unpaired) electrons. The summed E-state index contributed by atoms with van der Waals surface area (Å²) in [5, 5.41) is 6.91. The van der Waals surface area contributed by atoms with Crippen LogP contribution in [0.4, 0.5) is 5.82 Å². The Bertz CT molecular complexity index is 260. The van der Waals surface area contributed by atoms with Crippen molar-refractivity contribution in [2.24, 2.45) is 0 Å². The summed E-state index contributed by atoms with van der Waals surface area (Å²) >= 11 is 0. The Kier molecular flexibility index (Phi) is 1.67. The van der Waals surface area contributed by atoms with E-state index < -0.39 is 0 Å². The van der Waals surface area contributed by atoms with Crippen LogP contribution in [0.3, 0.4) is 0 Å². The van der Waals surface area contributed by atoms with Crippen LogP contribution < -0.4 is 5.73 Å². The molecule has 0 unspecified atom stereocenters. The van der Waals surface area contributed by atoms with Gasteiger partial charge in [0.05, 0.1) is 0 Å². The Balaban J connectivity index is 0.000001000. The van der Waals surface area contributed by atoms with Gasteiger partial charge >= 0.3 is 0 Å². The number of pyridine rings is 1. The minimum absolute atomic E-state index is 0. The van der Waals surface area contributed by atoms with Crippen LogP contribution in [0, 0.1) is 12.3 Å². The standard InChI is InChI=1S/C7H9N3.H2/c1-5-2-3-6(4-8)7(9)10-5;/h2-4,8H,1H3,(H2,9,10);1H. The van der Waals surface area contributed by atoms with E-state index in [0.717, 1.165) is 5.69 Å². The van der Waals surface area contributed by atoms with Crippen LogP contribution >= 0.6 is 0 Å². The number of anilines is 1. The lowest BCUT2D eigenvalue weighted by atomic mass is 10.2. The molecule has 0 atom stereocenters. The fraction of sp³-hybridized carbons (Fsp3) is 0.143. The number of nitrogen functional groups attached to an aromatic ring is 1. The highest BCUT2D eigenvalue weighted by Crippen LogP contribution is 2.05. The molecule has 1 aromatic heterocycles. The van der Waals surface area contributed by atoms with Gasteiger partial charge < -0.3 is 11.1 Å². The lowest BCUT2D eigenvalue weighted by Crippen LogP contribution is -1.97. The molecule has 0 fully saturated rings. The molecule has 0 aliphatic heterocycles. The largest absolute Gasteiger partial charge is 0.383 e. The number of aryl methyl sites for hydroxylation is 1. The average molecular weight is 137 g/mol. The molecule has 0 saturated carbocycles. The molecular weight excluding hydrogens is 126 g/mol. The summed E-state index contributed by atoms with van der Waals surface area (Å²) in [6.07, 6.45) is 1.20. The van der Waals surface area contributed by atoms with E-state index in [4.69, 9.17) is 11.1 Å². The number of hydrogen-bond donors (Lipinski definition) is 2. The Labute approximate surface area is 60.9 Å². The summed E-state index contributed by atoms with van der Waals surface area (Å²) in [4.78, 5) is 3.97. The van der Waals surface area contributed by atoms with Gasteiger partial charge in [-0.25, -0.2) is 4.98 Å². The molecule has 0 saturated heterocycles. The normalized spacial score (nSPS) is 9.30. The second kappa shape index (κ2) is 2.47. The van der Waals surface area contributed by atoms with Crippen LogP contribution in [0.25, 0.3) is 0 Å². The maximum atomic E-state index is 6.91. The summed E-state index contributed by atoms with van der Waals surface area (Å²) in [5.74, 6) is 0.426. The highest BCUT2D eigenvalue weighted by atomic mass is 14.8. The van der Waals surface area contributed by atoms with Crippen molar-refractivity contribution in [3.05, 3.63) is 23.4 Å². The van der Waals surface area contributed by atoms with Crippen molar-refractivity contribution < 1.29 is 1.43 Å². The molecule has 0 bridgehead atoms. The smallest absolute Gasteiger partial charge is 0.132 e. The first kappa shape index (κ1) is 6.74. The van der Waals surface area contributed by atoms with E-state index in [0.29, 0.717) is 11.4 Å². The van der Waals surface area contributed by atoms with Gasteiger partial charge in [-0.1, -0.05) is 0 Å². The number of rotatable bonds is 1. The summed E-state index contributed by atoms with van der Waals surface area (Å²) in [6, 6.07) is 3.61. The van der Waals surface area contributed by atoms with E-state index in [-0.39, 0.29) is 1.43 Å². The van der Waals surface area contributed by atoms with Crippen LogP contribution in [0.2, 0.25) is 0 Å². The predicted molar refractivity (Wildman–Crippen MR) is 43.4 cm³/mol. The molecule has 3 nitrogen and oxygen atoms in total. The van der Waals surface area contributed by atoms with Crippen molar-refractivity contribution in [3.8, 4) is 0 Å². The molecule has 0 aliphatic carbocycles. The zero-order valence-corrected chi connectivity index (χ0v) is 5.76. The van der Waals surface area contributed by atoms with Crippen molar-refractivity contribution in [2.45, 2.75) is 6.92 Å². The Morgan fingerprint density at radius 2 is 2.40 bits per heavy atom. The average Bonchev–Trinajstić information content (AvgIpc) is 1.88. The first-order chi connectivity index (χ1) is 4.74. The molecule has 3 N–H and O–H groups in total. The van der Waals surface area contributed by atoms with Gasteiger partial charge in [-0.2, -0.15) is 0 Å². The minimum Gasteiger partial charge on any atom is -0.383 e. The summed E-state index contributed by atoms with van der Waals surface area (Å²) in [7, 11) is 0. The van der Waals surface area contributed by atoms with E-state index in [1.165, 1.54) is 6.21 Å². The fourth-order valence-electron chi connectivity index (χ4n) is 0.710. The second-order valence-corrected chi connectivity index (χ2v) is 2.07. The predicted octanol–water partition coefficient (Wildman–Crippen LogP) is 1.22. The molecule has 3 heteroatoms. The van der Waals surface area contributed by atoms with E-state index >= 15 is 0 Å². The van der Waals surface area contributed by atoms with Crippen molar-refractivity contribution in [2.75, 3.05) is 5.73 Å². The molecule has 54 valence electrons. The van der Waals surface area contributed by atoms with Gasteiger partial charge in [0.25, 0.3) is 0 Å². The van der Waals surface area contributed by atoms with Gasteiger partial charge in [-0.15, -0.1) is 0 Å². The Morgan fingerprint density at radius 1 is 1.70 bits per heavy atom. The summed E-state index contributed by atoms with van der Waals surface area (Å²) < 4.78 is 0. The monoisotopic (exact) mass is 137 g/mol. The number of nitrogens with one attached hydrogen (secondary N) is 1. The van der Waals surface area contributed by atoms with E-state index in [1.54, 1.807) is 6.07 Å². The second-order valence-electron chi connectivity index (χ2n) is 2.07. The third-order valence-electron chi connectivity index (χ3n) is 1.25. The molecule has 0 spiro atoms. The quantitative estimate of drug-likeness (QED) is 0.571. The first-order valence-corrected chi connectivity index (χ1v) is 2.97. The minimum atomic E-state index is 0. The fourth-order valence-corrected chi connectivity index (χ4v) is 0.710. The number of nitrogens with zero attached hydrogens (tertiary/aromatic N) is 1. The van der Waals surface area contributed by atoms with Gasteiger partial charge in [0.1, 0.15) is 5.82 Å². The topological polar surface area (TPSA) is 62.8 Å². The molecule has 1 heterocycles. The number of aromatic nitrogens is 1. The van der Waals surface area contributed by atoms with E-state index in [9.17, 15) is 0 Å². The zero-order chi connectivity index (χ0) is 7.56. The lowest BCUT2D eigenvalue weighted by molar-refractivity contribution is 1.21. The van der Waals surface area contributed by atoms with Crippen molar-refractivity contribution in [1.82, 2.24) is 4.98 Å². The SMILES string of the molecule is Cc1ccc(C=N)c(N)n1.[HH]. The van der Waals surface area contributed by atoms with Crippen LogP contribution in [0.1, 0.15) is 12.7 Å². The van der Waals surface area contributed by atoms with E-state index in [1.807, 2.05) is 13.0 Å². The molecule has 0 aliphatic rings. The van der Waals surface area contributed by atoms with Gasteiger partial charge in [-0.05, 0) is 19.1 Å². The van der Waals surface area contributed by atoms with Gasteiger partial charge in [0.2, 0.25) is 0 Å². The molecule has 0 amide bonds. The molecular formula is C7H11N3. The van der Waals surface area contributed by atoms with Gasteiger partial charge in [0, 0.05) is 18.9 Å². The third kappa shape index (κ3) is 1.13. The van der Waals surface area contributed by atoms with E-state index in [2.05, 4.69) is 4.98 Å². The lowest BCUT2D eigenvalue weighted by Gasteiger charge is -1.97. The highest BCUT2D eigenvalue weighted by Gasteiger charge is 1.94. The Hall–Kier alpha value is -1.38. The highest BCUT2D eigenvalue weighted by molar-refractivity contribution is 5.83. The number of hydrogen-bond acceptors (Lipinski definition) is 3. The maximum absolute atomic E-state index is 6.91. The van der Waals surface area contributed by atoms with Crippen LogP contribution in [0.15, 0.2) is 12.1 Å². The van der Waals surface area contributed by atoms with Crippen LogP contribution in [-0.2, 0) is 0 Å². The van der Waals surface area contributed by atoms with Crippen molar-refractivity contribution in [3.63, 3.8) is 0 Å². The zero-order valence-electron chi connectivity index (χ0n) is 5.76. The molecule has 0 aromatic carbocycles. The van der Waals surface area contributed by atoms with Gasteiger partial charge in [0.15, 0.2) is 0 Å². The maximum Gasteiger partial charge on any atom is 0.132 e. The van der Waals surface area contributed by atoms with Crippen LogP contribution in [0.5, 0.6) is 0 Å². The van der Waals surface area contributed by atoms with Crippen molar-refractivity contribution >= 4 is 12.0 Å². The first-order valence-electron chi connectivity index (χ1n) is 2.97. The molecule has 1 rings (SSSR count). The molecule has 1 aromatic rings. The third-order valence-corrected chi connectivity index (χ3v) is 1.25. The summed E-state index contributed by atoms with van der Waals surface area (Å²) in [6.45, 7) is 1.87. The van der Waals surface area contributed by atoms with Crippen molar-refractivity contribution in [1.29, 1.82) is 5.41 Å². The molecule has 10 heavy (non-hydrogen) atoms. The van der Waals surface area contributed by atoms with Crippen LogP contribution in [-0.4, -0.2) is 11.2 Å². The summed E-state index contributed by atoms with van der Waals surface area (Å²) in [5.41, 5.74) is 7.02. The number of nitrogens with two attached hydrogens (primary N) is 1. The Morgan fingerprint density at radius 3 is 2.90 bits per heavy atom. The van der Waals surface area contributed by atoms with Gasteiger partial charge in [-0.3, -0.25) is 0 Å².